The third kappa shape index (κ3) is 12.5. The minimum atomic E-state index is -5.86. The number of rotatable bonds is 18. The van der Waals surface area contributed by atoms with E-state index < -0.39 is 87.3 Å². The molecule has 2 unspecified atom stereocenters. The van der Waals surface area contributed by atoms with Crippen LogP contribution in [0.15, 0.2) is 57.2 Å². The average molecular weight is 1050 g/mol. The van der Waals surface area contributed by atoms with E-state index in [4.69, 9.17) is 24.3 Å². The van der Waals surface area contributed by atoms with Gasteiger partial charge in [0.25, 0.3) is 15.7 Å². The molecule has 376 valence electrons. The number of carbonyl (C=O) groups excluding carboxylic acids is 1. The highest BCUT2D eigenvalue weighted by atomic mass is 32.2. The molecule has 2 aromatic carbocycles. The monoisotopic (exact) mass is 1050 g/mol. The number of nitrogens with zero attached hydrogens (tertiary/aromatic N) is 4. The molecular weight excluding hydrogens is 997 g/mol. The van der Waals surface area contributed by atoms with Crippen LogP contribution in [-0.4, -0.2) is 121 Å². The van der Waals surface area contributed by atoms with Gasteiger partial charge in [0.1, 0.15) is 48.2 Å². The second-order valence-electron chi connectivity index (χ2n) is 16.9. The highest BCUT2D eigenvalue weighted by Gasteiger charge is 2.47. The third-order valence-corrected chi connectivity index (χ3v) is 15.9. The van der Waals surface area contributed by atoms with E-state index in [1.807, 2.05) is 35.9 Å². The van der Waals surface area contributed by atoms with Gasteiger partial charge in [0.2, 0.25) is 11.3 Å². The van der Waals surface area contributed by atoms with Crippen molar-refractivity contribution in [3.8, 4) is 11.5 Å². The van der Waals surface area contributed by atoms with Crippen LogP contribution in [0.3, 0.4) is 0 Å². The van der Waals surface area contributed by atoms with Crippen molar-refractivity contribution in [1.29, 1.82) is 0 Å². The fourth-order valence-corrected chi connectivity index (χ4v) is 12.1. The average Bonchev–Trinajstić information content (AvgIpc) is 3.50. The van der Waals surface area contributed by atoms with Gasteiger partial charge in [-0.2, -0.15) is 17.0 Å². The van der Waals surface area contributed by atoms with Gasteiger partial charge in [0, 0.05) is 55.0 Å². The number of anilines is 1. The zero-order valence-corrected chi connectivity index (χ0v) is 40.5. The number of ether oxygens (including phenoxy) is 2. The Balaban J connectivity index is 0.988. The molecule has 7 rings (SSSR count). The van der Waals surface area contributed by atoms with Crippen LogP contribution in [0, 0.1) is 0 Å². The topological polar surface area (TPSA) is 376 Å². The Kier molecular flexibility index (Phi) is 15.1. The van der Waals surface area contributed by atoms with Gasteiger partial charge >= 0.3 is 29.2 Å². The molecule has 26 nitrogen and oxygen atoms in total. The van der Waals surface area contributed by atoms with Gasteiger partial charge in [0.05, 0.1) is 23.8 Å². The first-order valence-corrected chi connectivity index (χ1v) is 27.3. The second kappa shape index (κ2) is 19.9. The molecule has 3 aromatic rings. The van der Waals surface area contributed by atoms with Gasteiger partial charge in [-0.1, -0.05) is 18.2 Å². The van der Waals surface area contributed by atoms with Crippen molar-refractivity contribution >= 4 is 62.5 Å². The van der Waals surface area contributed by atoms with Crippen molar-refractivity contribution < 1.29 is 83.9 Å². The Morgan fingerprint density at radius 3 is 2.49 bits per heavy atom. The molecule has 1 fully saturated rings. The zero-order chi connectivity index (χ0) is 50.4. The largest absolute Gasteiger partial charge is 0.490 e. The summed E-state index contributed by atoms with van der Waals surface area (Å²) in [6, 6.07) is 7.55. The van der Waals surface area contributed by atoms with Crippen molar-refractivity contribution in [1.82, 2.24) is 19.4 Å². The standard InChI is InChI=1S/C39H49N6O20P3S/c1-4-43-12-6-9-22-14-26-30(16-28(22)43)62-31-17-29-25(15-27(31)41-26)24(21-69(58,59)60)18-39(2,3)45(29)13-7-10-33(46)40-11-5-8-23-19-44(38(50)42-36(23)49)37-35(48)34(47)32(63-37)20-61-67(54,55)65-68(56,57)64-66(51,52)53/h5,8,14-19,32,34-35,37,47-48H,4,6-7,9-13,20-21H2,1-3H3,(H6-,40,42,46,49,50,51,52,53,54,55,56,57,58,59,60)/p+1/b8-5+/t32-,34-,35-,37-/m1/s1. The fraction of sp³-hybridized carbons (Fsp3) is 0.462. The first-order valence-electron chi connectivity index (χ1n) is 21.2. The molecule has 0 radical (unpaired) electrons. The second-order valence-corrected chi connectivity index (χ2v) is 22.8. The van der Waals surface area contributed by atoms with Gasteiger partial charge in [-0.25, -0.2) is 28.1 Å². The predicted octanol–water partition coefficient (Wildman–Crippen LogP) is 0.493. The number of hydrogen-bond acceptors (Lipinski definition) is 17. The molecule has 1 aromatic heterocycles. The first kappa shape index (κ1) is 52.3. The maximum atomic E-state index is 13.0. The molecule has 6 atom stereocenters. The summed E-state index contributed by atoms with van der Waals surface area (Å²) in [5, 5.41) is 25.6. The minimum Gasteiger partial charge on any atom is -0.452 e. The van der Waals surface area contributed by atoms with E-state index in [0.29, 0.717) is 56.9 Å². The smallest absolute Gasteiger partial charge is 0.452 e. The third-order valence-electron chi connectivity index (χ3n) is 11.4. The van der Waals surface area contributed by atoms with E-state index in [9.17, 15) is 61.0 Å². The molecule has 0 spiro atoms. The maximum absolute atomic E-state index is 13.0. The van der Waals surface area contributed by atoms with Crippen LogP contribution in [0.2, 0.25) is 0 Å². The first-order chi connectivity index (χ1) is 32.1. The molecule has 1 amide bonds. The summed E-state index contributed by atoms with van der Waals surface area (Å²) >= 11 is 0. The summed E-state index contributed by atoms with van der Waals surface area (Å²) in [6.07, 6.45) is 0.301. The number of phosphoric acid groups is 3. The Hall–Kier alpha value is -4.53. The van der Waals surface area contributed by atoms with Gasteiger partial charge < -0.3 is 49.5 Å². The number of aromatic amines is 1. The van der Waals surface area contributed by atoms with Crippen LogP contribution in [0.1, 0.15) is 63.0 Å². The normalized spacial score (nSPS) is 22.6. The van der Waals surface area contributed by atoms with Crippen LogP contribution >= 0.6 is 23.5 Å². The van der Waals surface area contributed by atoms with Crippen molar-refractivity contribution in [3.63, 3.8) is 0 Å². The summed E-state index contributed by atoms with van der Waals surface area (Å²) in [5.41, 5.74) is 0.203. The van der Waals surface area contributed by atoms with Crippen molar-refractivity contribution in [2.24, 2.45) is 4.99 Å². The predicted molar refractivity (Wildman–Crippen MR) is 243 cm³/mol. The highest BCUT2D eigenvalue weighted by molar-refractivity contribution is 7.86. The summed E-state index contributed by atoms with van der Waals surface area (Å²) in [7, 11) is -21.6. The molecule has 4 aliphatic rings. The van der Waals surface area contributed by atoms with Crippen LogP contribution in [0.5, 0.6) is 11.5 Å². The van der Waals surface area contributed by atoms with Crippen molar-refractivity contribution in [2.75, 3.05) is 43.4 Å². The lowest BCUT2D eigenvalue weighted by atomic mass is 9.88. The number of aliphatic hydroxyl groups is 2. The number of H-pyrrole nitrogens is 1. The van der Waals surface area contributed by atoms with E-state index in [0.717, 1.165) is 43.0 Å². The van der Waals surface area contributed by atoms with Crippen LogP contribution in [0.25, 0.3) is 11.6 Å². The molecule has 0 aliphatic carbocycles. The lowest BCUT2D eigenvalue weighted by Gasteiger charge is -2.44. The molecule has 69 heavy (non-hydrogen) atoms. The Bertz CT molecular complexity index is 3130. The molecule has 30 heteroatoms. The number of nitrogens with one attached hydrogen (secondary N) is 2. The number of aryl methyl sites for hydroxylation is 1. The lowest BCUT2D eigenvalue weighted by Crippen LogP contribution is -2.46. The molecule has 9 N–H and O–H groups in total. The lowest BCUT2D eigenvalue weighted by molar-refractivity contribution is -0.120. The number of aromatic nitrogens is 2. The number of phosphoric ester groups is 1. The van der Waals surface area contributed by atoms with Crippen LogP contribution < -0.4 is 41.5 Å². The summed E-state index contributed by atoms with van der Waals surface area (Å²) in [5.74, 6) is 0.0312. The molecule has 1 saturated heterocycles. The summed E-state index contributed by atoms with van der Waals surface area (Å²) in [4.78, 5) is 83.8. The van der Waals surface area contributed by atoms with Crippen molar-refractivity contribution in [3.05, 3.63) is 90.9 Å². The van der Waals surface area contributed by atoms with Gasteiger partial charge in [-0.15, -0.1) is 0 Å². The number of carbonyl (C=O) groups is 1. The van der Waals surface area contributed by atoms with Gasteiger partial charge in [-0.3, -0.25) is 28.2 Å². The Labute approximate surface area is 392 Å². The number of fused-ring (bicyclic) bond motifs is 4. The van der Waals surface area contributed by atoms with E-state index in [1.54, 1.807) is 18.2 Å². The number of aliphatic hydroxyl groups excluding tert-OH is 2. The Morgan fingerprint density at radius 2 is 1.80 bits per heavy atom. The van der Waals surface area contributed by atoms with E-state index >= 15 is 0 Å². The van der Waals surface area contributed by atoms with E-state index in [2.05, 4.69) is 30.0 Å². The summed E-state index contributed by atoms with van der Waals surface area (Å²) < 4.78 is 95.5. The summed E-state index contributed by atoms with van der Waals surface area (Å²) in [6.45, 7) is 6.69. The number of hydrogen-bond donors (Lipinski definition) is 9. The van der Waals surface area contributed by atoms with Crippen LogP contribution in [-0.2, 0) is 52.9 Å². The Morgan fingerprint density at radius 1 is 1.06 bits per heavy atom. The van der Waals surface area contributed by atoms with Gasteiger partial charge in [-0.05, 0) is 51.3 Å². The molecule has 4 aliphatic heterocycles. The molecule has 0 bridgehead atoms. The molecular formula is C39H50N6O20P3S+. The van der Waals surface area contributed by atoms with Crippen molar-refractivity contribution in [2.45, 2.75) is 76.5 Å². The molecule has 0 saturated carbocycles. The number of benzene rings is 2. The highest BCUT2D eigenvalue weighted by Crippen LogP contribution is 2.66. The van der Waals surface area contributed by atoms with E-state index in [1.165, 1.54) is 12.2 Å². The fourth-order valence-electron chi connectivity index (χ4n) is 8.47. The number of amides is 1. The zero-order valence-electron chi connectivity index (χ0n) is 37.0. The SMILES string of the molecule is CC[N+]1=c2cc3c(cc2CCC1)=Nc1cc2c(cc1O3)N(CCCC(=O)NC/C=C/c1cn([C@@H]3O[C@H](COP(=O)(O)OP(=O)(O)OP(=O)(O)O)[C@@H](O)[C@H]3O)c(=O)[nH]c1=O)C(C)(C)C=C2CS(=O)(=O)O. The van der Waals surface area contributed by atoms with Gasteiger partial charge in [0.15, 0.2) is 17.7 Å². The van der Waals surface area contributed by atoms with Crippen LogP contribution in [0.4, 0.5) is 11.4 Å². The molecule has 5 heterocycles. The van der Waals surface area contributed by atoms with E-state index in [-0.39, 0.29) is 24.4 Å². The quantitative estimate of drug-likeness (QED) is 0.0372. The minimum absolute atomic E-state index is 0.0362. The maximum Gasteiger partial charge on any atom is 0.490 e.